The summed E-state index contributed by atoms with van der Waals surface area (Å²) in [6.45, 7) is 9.68. The first kappa shape index (κ1) is 26.1. The molecule has 1 fully saturated rings. The van der Waals surface area contributed by atoms with Gasteiger partial charge in [-0.25, -0.2) is 0 Å². The lowest BCUT2D eigenvalue weighted by atomic mass is 10.2. The number of hydrogen-bond donors (Lipinski definition) is 1. The summed E-state index contributed by atoms with van der Waals surface area (Å²) in [6, 6.07) is 18.6. The third-order valence-corrected chi connectivity index (χ3v) is 5.74. The van der Waals surface area contributed by atoms with Crippen molar-refractivity contribution in [2.24, 2.45) is 0 Å². The SMILES string of the molecule is CCCn1nc(C(=O)NCCN2CCN(Cc3ccccc3)CC2)c2ccccc21.Cl.Cl. The third-order valence-electron chi connectivity index (χ3n) is 5.74. The van der Waals surface area contributed by atoms with E-state index in [1.54, 1.807) is 0 Å². The average Bonchev–Trinajstić information content (AvgIpc) is 3.15. The molecule has 32 heavy (non-hydrogen) atoms. The van der Waals surface area contributed by atoms with E-state index in [1.807, 2.05) is 28.9 Å². The van der Waals surface area contributed by atoms with E-state index in [0.717, 1.165) is 63.1 Å². The van der Waals surface area contributed by atoms with Gasteiger partial charge in [0, 0.05) is 57.7 Å². The molecule has 0 radical (unpaired) electrons. The van der Waals surface area contributed by atoms with Crippen LogP contribution in [-0.2, 0) is 13.1 Å². The Labute approximate surface area is 202 Å². The number of aromatic nitrogens is 2. The van der Waals surface area contributed by atoms with E-state index >= 15 is 0 Å². The number of halogens is 2. The normalized spacial score (nSPS) is 14.5. The van der Waals surface area contributed by atoms with Gasteiger partial charge >= 0.3 is 0 Å². The molecule has 3 aromatic rings. The molecule has 2 aromatic carbocycles. The van der Waals surface area contributed by atoms with Gasteiger partial charge in [-0.3, -0.25) is 19.3 Å². The summed E-state index contributed by atoms with van der Waals surface area (Å²) in [5.41, 5.74) is 2.93. The van der Waals surface area contributed by atoms with Crippen molar-refractivity contribution in [3.63, 3.8) is 0 Å². The van der Waals surface area contributed by atoms with Gasteiger partial charge < -0.3 is 5.32 Å². The lowest BCUT2D eigenvalue weighted by molar-refractivity contribution is 0.0930. The molecular formula is C24H33Cl2N5O. The van der Waals surface area contributed by atoms with Crippen LogP contribution in [-0.4, -0.2) is 64.8 Å². The topological polar surface area (TPSA) is 53.4 Å². The number of fused-ring (bicyclic) bond motifs is 1. The van der Waals surface area contributed by atoms with Gasteiger partial charge in [-0.2, -0.15) is 5.10 Å². The molecule has 4 rings (SSSR count). The van der Waals surface area contributed by atoms with E-state index in [9.17, 15) is 4.79 Å². The quantitative estimate of drug-likeness (QED) is 0.535. The summed E-state index contributed by atoms with van der Waals surface area (Å²) < 4.78 is 1.94. The van der Waals surface area contributed by atoms with Gasteiger partial charge in [0.2, 0.25) is 0 Å². The van der Waals surface area contributed by atoms with Gasteiger partial charge in [-0.05, 0) is 18.1 Å². The Hall–Kier alpha value is -2.12. The highest BCUT2D eigenvalue weighted by molar-refractivity contribution is 6.04. The standard InChI is InChI=1S/C24H31N5O.2ClH/c1-2-13-29-22-11-7-6-10-21(22)23(26-29)24(30)25-12-14-27-15-17-28(18-16-27)19-20-8-4-3-5-9-20;;/h3-11H,2,12-19H2,1H3,(H,25,30);2*1H. The van der Waals surface area contributed by atoms with Crippen LogP contribution < -0.4 is 5.32 Å². The van der Waals surface area contributed by atoms with Gasteiger partial charge in [-0.1, -0.05) is 55.5 Å². The second-order valence-corrected chi connectivity index (χ2v) is 7.95. The van der Waals surface area contributed by atoms with Gasteiger partial charge in [0.05, 0.1) is 5.52 Å². The molecule has 1 aliphatic rings. The molecule has 1 saturated heterocycles. The first-order valence-electron chi connectivity index (χ1n) is 11.0. The minimum absolute atomic E-state index is 0. The van der Waals surface area contributed by atoms with Crippen LogP contribution in [0.25, 0.3) is 10.9 Å². The van der Waals surface area contributed by atoms with Crippen molar-refractivity contribution in [2.45, 2.75) is 26.4 Å². The van der Waals surface area contributed by atoms with Crippen molar-refractivity contribution in [3.8, 4) is 0 Å². The number of aryl methyl sites for hydroxylation is 1. The summed E-state index contributed by atoms with van der Waals surface area (Å²) in [7, 11) is 0. The van der Waals surface area contributed by atoms with Crippen molar-refractivity contribution >= 4 is 41.6 Å². The monoisotopic (exact) mass is 477 g/mol. The van der Waals surface area contributed by atoms with E-state index in [2.05, 4.69) is 57.5 Å². The van der Waals surface area contributed by atoms with E-state index in [4.69, 9.17) is 0 Å². The molecule has 1 N–H and O–H groups in total. The summed E-state index contributed by atoms with van der Waals surface area (Å²) in [6.07, 6.45) is 0.989. The first-order valence-corrected chi connectivity index (χ1v) is 11.0. The fourth-order valence-corrected chi connectivity index (χ4v) is 4.10. The Morgan fingerprint density at radius 1 is 0.906 bits per heavy atom. The van der Waals surface area contributed by atoms with E-state index < -0.39 is 0 Å². The number of amides is 1. The average molecular weight is 478 g/mol. The highest BCUT2D eigenvalue weighted by atomic mass is 35.5. The molecule has 1 amide bonds. The van der Waals surface area contributed by atoms with E-state index in [0.29, 0.717) is 12.2 Å². The Balaban J connectivity index is 0.00000181. The highest BCUT2D eigenvalue weighted by Gasteiger charge is 2.19. The first-order chi connectivity index (χ1) is 14.7. The zero-order valence-electron chi connectivity index (χ0n) is 18.6. The second-order valence-electron chi connectivity index (χ2n) is 7.95. The van der Waals surface area contributed by atoms with Crippen LogP contribution >= 0.6 is 24.8 Å². The molecule has 0 unspecified atom stereocenters. The van der Waals surface area contributed by atoms with Crippen molar-refractivity contribution in [2.75, 3.05) is 39.3 Å². The molecule has 174 valence electrons. The van der Waals surface area contributed by atoms with Crippen LogP contribution in [0.2, 0.25) is 0 Å². The lowest BCUT2D eigenvalue weighted by Crippen LogP contribution is -2.48. The molecule has 1 aliphatic heterocycles. The summed E-state index contributed by atoms with van der Waals surface area (Å²) >= 11 is 0. The van der Waals surface area contributed by atoms with E-state index in [1.165, 1.54) is 5.56 Å². The van der Waals surface area contributed by atoms with Crippen LogP contribution in [0.4, 0.5) is 0 Å². The fraction of sp³-hybridized carbons (Fsp3) is 0.417. The zero-order chi connectivity index (χ0) is 20.8. The number of nitrogens with one attached hydrogen (secondary N) is 1. The maximum absolute atomic E-state index is 12.8. The second kappa shape index (κ2) is 12.8. The zero-order valence-corrected chi connectivity index (χ0v) is 20.2. The number of piperazine rings is 1. The number of carbonyl (C=O) groups excluding carboxylic acids is 1. The van der Waals surface area contributed by atoms with Gasteiger partial charge in [0.25, 0.3) is 5.91 Å². The molecule has 6 nitrogen and oxygen atoms in total. The van der Waals surface area contributed by atoms with Crippen molar-refractivity contribution in [3.05, 3.63) is 65.9 Å². The van der Waals surface area contributed by atoms with Crippen molar-refractivity contribution in [1.82, 2.24) is 24.9 Å². The van der Waals surface area contributed by atoms with Crippen LogP contribution in [0.5, 0.6) is 0 Å². The van der Waals surface area contributed by atoms with Crippen LogP contribution in [0, 0.1) is 0 Å². The predicted octanol–water partition coefficient (Wildman–Crippen LogP) is 3.84. The number of hydrogen-bond acceptors (Lipinski definition) is 4. The fourth-order valence-electron chi connectivity index (χ4n) is 4.10. The number of nitrogens with zero attached hydrogens (tertiary/aromatic N) is 4. The number of para-hydroxylation sites is 1. The minimum atomic E-state index is -0.0798. The molecule has 0 spiro atoms. The molecule has 2 heterocycles. The molecular weight excluding hydrogens is 445 g/mol. The van der Waals surface area contributed by atoms with Crippen molar-refractivity contribution in [1.29, 1.82) is 0 Å². The third kappa shape index (κ3) is 6.45. The number of rotatable bonds is 8. The minimum Gasteiger partial charge on any atom is -0.349 e. The summed E-state index contributed by atoms with van der Waals surface area (Å²) in [4.78, 5) is 17.7. The summed E-state index contributed by atoms with van der Waals surface area (Å²) in [5.74, 6) is -0.0798. The Kier molecular flexibility index (Phi) is 10.5. The largest absolute Gasteiger partial charge is 0.349 e. The summed E-state index contributed by atoms with van der Waals surface area (Å²) in [5, 5.41) is 8.58. The molecule has 0 saturated carbocycles. The van der Waals surface area contributed by atoms with Crippen molar-refractivity contribution < 1.29 is 4.79 Å². The lowest BCUT2D eigenvalue weighted by Gasteiger charge is -2.34. The highest BCUT2D eigenvalue weighted by Crippen LogP contribution is 2.18. The van der Waals surface area contributed by atoms with Crippen LogP contribution in [0.1, 0.15) is 29.4 Å². The molecule has 0 aliphatic carbocycles. The predicted molar refractivity (Wildman–Crippen MR) is 135 cm³/mol. The van der Waals surface area contributed by atoms with Gasteiger partial charge in [0.1, 0.15) is 0 Å². The Morgan fingerprint density at radius 3 is 2.28 bits per heavy atom. The molecule has 0 atom stereocenters. The van der Waals surface area contributed by atoms with Gasteiger partial charge in [-0.15, -0.1) is 24.8 Å². The molecule has 0 bridgehead atoms. The Morgan fingerprint density at radius 2 is 1.56 bits per heavy atom. The number of benzene rings is 2. The van der Waals surface area contributed by atoms with Crippen LogP contribution in [0.3, 0.4) is 0 Å². The van der Waals surface area contributed by atoms with E-state index in [-0.39, 0.29) is 30.7 Å². The van der Waals surface area contributed by atoms with Gasteiger partial charge in [0.15, 0.2) is 5.69 Å². The maximum Gasteiger partial charge on any atom is 0.272 e. The smallest absolute Gasteiger partial charge is 0.272 e. The number of carbonyl (C=O) groups is 1. The molecule has 8 heteroatoms. The van der Waals surface area contributed by atoms with Crippen LogP contribution in [0.15, 0.2) is 54.6 Å². The maximum atomic E-state index is 12.8. The Bertz CT molecular complexity index is 971. The molecule has 1 aromatic heterocycles.